The Balaban J connectivity index is 1.72. The van der Waals surface area contributed by atoms with Crippen LogP contribution in [0.15, 0.2) is 41.3 Å². The summed E-state index contributed by atoms with van der Waals surface area (Å²) in [6.07, 6.45) is 0. The van der Waals surface area contributed by atoms with Crippen molar-refractivity contribution in [3.63, 3.8) is 0 Å². The molecule has 0 spiro atoms. The zero-order valence-corrected chi connectivity index (χ0v) is 17.8. The van der Waals surface area contributed by atoms with E-state index in [0.29, 0.717) is 24.6 Å². The summed E-state index contributed by atoms with van der Waals surface area (Å²) < 4.78 is 38.4. The van der Waals surface area contributed by atoms with Crippen LogP contribution in [0.3, 0.4) is 0 Å². The first-order chi connectivity index (χ1) is 13.3. The molecule has 0 atom stereocenters. The van der Waals surface area contributed by atoms with Crippen LogP contribution in [0.5, 0.6) is 11.5 Å². The van der Waals surface area contributed by atoms with Crippen LogP contribution in [0.25, 0.3) is 0 Å². The normalized spacial score (nSPS) is 16.1. The Bertz CT molecular complexity index is 915. The molecule has 1 heterocycles. The molecule has 1 aliphatic rings. The third kappa shape index (κ3) is 4.48. The number of methoxy groups -OCH3 is 2. The van der Waals surface area contributed by atoms with Crippen molar-refractivity contribution in [3.05, 3.63) is 53.1 Å². The highest BCUT2D eigenvalue weighted by atomic mass is 32.2. The molecule has 0 amide bonds. The van der Waals surface area contributed by atoms with Gasteiger partial charge >= 0.3 is 0 Å². The van der Waals surface area contributed by atoms with E-state index in [4.69, 9.17) is 9.47 Å². The Morgan fingerprint density at radius 1 is 0.964 bits per heavy atom. The number of aryl methyl sites for hydroxylation is 2. The maximum absolute atomic E-state index is 13.2. The van der Waals surface area contributed by atoms with Crippen molar-refractivity contribution >= 4 is 10.0 Å². The summed E-state index contributed by atoms with van der Waals surface area (Å²) >= 11 is 0. The fraction of sp³-hybridized carbons (Fsp3) is 0.429. The third-order valence-electron chi connectivity index (χ3n) is 5.15. The quantitative estimate of drug-likeness (QED) is 0.790. The predicted molar refractivity (Wildman–Crippen MR) is 109 cm³/mol. The van der Waals surface area contributed by atoms with Gasteiger partial charge in [0.15, 0.2) is 0 Å². The predicted octanol–water partition coefficient (Wildman–Crippen LogP) is 1.41. The summed E-state index contributed by atoms with van der Waals surface area (Å²) in [6, 6.07) is 11.5. The van der Waals surface area contributed by atoms with Crippen LogP contribution in [-0.2, 0) is 16.6 Å². The van der Waals surface area contributed by atoms with Crippen LogP contribution < -0.4 is 14.4 Å². The Hall–Kier alpha value is -2.09. The molecule has 1 N–H and O–H groups in total. The molecule has 2 aromatic rings. The highest BCUT2D eigenvalue weighted by Gasteiger charge is 2.32. The fourth-order valence-electron chi connectivity index (χ4n) is 3.80. The number of sulfonamides is 1. The topological polar surface area (TPSA) is 60.3 Å². The second-order valence-electron chi connectivity index (χ2n) is 7.34. The van der Waals surface area contributed by atoms with Crippen molar-refractivity contribution in [2.75, 3.05) is 40.4 Å². The minimum Gasteiger partial charge on any atom is -0.497 e. The Labute approximate surface area is 167 Å². The average molecular weight is 406 g/mol. The van der Waals surface area contributed by atoms with E-state index in [1.807, 2.05) is 0 Å². The standard InChI is InChI=1S/C21H28N2O4S/c1-16-11-17(2)13-18(12-16)15-22-7-9-23(10-8-22)28(24,25)21-14-19(26-3)5-6-20(21)27-4/h5-6,11-14H,7-10,15H2,1-4H3/p+1. The second-order valence-corrected chi connectivity index (χ2v) is 9.25. The zero-order valence-electron chi connectivity index (χ0n) is 17.0. The number of benzene rings is 2. The van der Waals surface area contributed by atoms with E-state index < -0.39 is 10.0 Å². The highest BCUT2D eigenvalue weighted by molar-refractivity contribution is 7.89. The van der Waals surface area contributed by atoms with Gasteiger partial charge in [-0.15, -0.1) is 0 Å². The number of hydrogen-bond donors (Lipinski definition) is 1. The van der Waals surface area contributed by atoms with Crippen molar-refractivity contribution in [2.24, 2.45) is 0 Å². The van der Waals surface area contributed by atoms with E-state index in [9.17, 15) is 8.42 Å². The van der Waals surface area contributed by atoms with Gasteiger partial charge < -0.3 is 14.4 Å². The molecule has 0 aromatic heterocycles. The minimum atomic E-state index is -3.63. The van der Waals surface area contributed by atoms with Crippen molar-refractivity contribution < 1.29 is 22.8 Å². The Kier molecular flexibility index (Phi) is 6.27. The van der Waals surface area contributed by atoms with Gasteiger partial charge in [0.25, 0.3) is 0 Å². The Morgan fingerprint density at radius 3 is 2.18 bits per heavy atom. The summed E-state index contributed by atoms with van der Waals surface area (Å²) in [5.41, 5.74) is 3.83. The van der Waals surface area contributed by atoms with Crippen LogP contribution in [0.2, 0.25) is 0 Å². The highest BCUT2D eigenvalue weighted by Crippen LogP contribution is 2.30. The van der Waals surface area contributed by atoms with Crippen LogP contribution in [0, 0.1) is 13.8 Å². The summed E-state index contributed by atoms with van der Waals surface area (Å²) in [7, 11) is -0.632. The number of piperazine rings is 1. The molecule has 1 aliphatic heterocycles. The molecule has 1 saturated heterocycles. The molecule has 0 radical (unpaired) electrons. The van der Waals surface area contributed by atoms with Gasteiger partial charge in [0, 0.05) is 11.6 Å². The van der Waals surface area contributed by atoms with E-state index in [1.165, 1.54) is 41.9 Å². The summed E-state index contributed by atoms with van der Waals surface area (Å²) in [5, 5.41) is 0. The van der Waals surface area contributed by atoms with Crippen LogP contribution in [0.4, 0.5) is 0 Å². The lowest BCUT2D eigenvalue weighted by molar-refractivity contribution is -0.917. The van der Waals surface area contributed by atoms with E-state index in [2.05, 4.69) is 32.0 Å². The number of nitrogens with zero attached hydrogens (tertiary/aromatic N) is 1. The first kappa shape index (κ1) is 20.6. The fourth-order valence-corrected chi connectivity index (χ4v) is 5.42. The van der Waals surface area contributed by atoms with Crippen LogP contribution in [0.1, 0.15) is 16.7 Å². The van der Waals surface area contributed by atoms with Gasteiger partial charge in [-0.05, 0) is 26.0 Å². The van der Waals surface area contributed by atoms with Gasteiger partial charge in [-0.1, -0.05) is 29.3 Å². The first-order valence-electron chi connectivity index (χ1n) is 9.46. The molecule has 3 rings (SSSR count). The van der Waals surface area contributed by atoms with Crippen molar-refractivity contribution in [2.45, 2.75) is 25.3 Å². The molecule has 28 heavy (non-hydrogen) atoms. The third-order valence-corrected chi connectivity index (χ3v) is 7.07. The molecule has 1 fully saturated rings. The van der Waals surface area contributed by atoms with Crippen molar-refractivity contribution in [3.8, 4) is 11.5 Å². The summed E-state index contributed by atoms with van der Waals surface area (Å²) in [6.45, 7) is 7.66. The Morgan fingerprint density at radius 2 is 1.61 bits per heavy atom. The van der Waals surface area contributed by atoms with Crippen molar-refractivity contribution in [1.82, 2.24) is 4.31 Å². The average Bonchev–Trinajstić information content (AvgIpc) is 2.67. The SMILES string of the molecule is COc1ccc(OC)c(S(=O)(=O)N2CC[NH+](Cc3cc(C)cc(C)c3)CC2)c1. The molecule has 0 saturated carbocycles. The summed E-state index contributed by atoms with van der Waals surface area (Å²) in [5.74, 6) is 0.837. The summed E-state index contributed by atoms with van der Waals surface area (Å²) in [4.78, 5) is 1.56. The van der Waals surface area contributed by atoms with E-state index in [1.54, 1.807) is 16.4 Å². The number of rotatable bonds is 6. The molecule has 152 valence electrons. The van der Waals surface area contributed by atoms with Gasteiger partial charge in [0.1, 0.15) is 22.9 Å². The minimum absolute atomic E-state index is 0.159. The largest absolute Gasteiger partial charge is 0.497 e. The number of hydrogen-bond acceptors (Lipinski definition) is 4. The smallest absolute Gasteiger partial charge is 0.247 e. The van der Waals surface area contributed by atoms with Gasteiger partial charge in [0.05, 0.1) is 40.4 Å². The zero-order chi connectivity index (χ0) is 20.3. The monoisotopic (exact) mass is 405 g/mol. The molecule has 2 aromatic carbocycles. The maximum Gasteiger partial charge on any atom is 0.247 e. The molecule has 0 unspecified atom stereocenters. The van der Waals surface area contributed by atoms with Crippen LogP contribution >= 0.6 is 0 Å². The lowest BCUT2D eigenvalue weighted by Crippen LogP contribution is -3.13. The lowest BCUT2D eigenvalue weighted by atomic mass is 10.1. The molecule has 0 bridgehead atoms. The maximum atomic E-state index is 13.2. The van der Waals surface area contributed by atoms with Crippen molar-refractivity contribution in [1.29, 1.82) is 0 Å². The number of nitrogens with one attached hydrogen (secondary N) is 1. The second kappa shape index (κ2) is 8.51. The van der Waals surface area contributed by atoms with Gasteiger partial charge in [0.2, 0.25) is 10.0 Å². The van der Waals surface area contributed by atoms with E-state index in [0.717, 1.165) is 19.6 Å². The lowest BCUT2D eigenvalue weighted by Gasteiger charge is -2.32. The van der Waals surface area contributed by atoms with Crippen LogP contribution in [-0.4, -0.2) is 53.1 Å². The van der Waals surface area contributed by atoms with Gasteiger partial charge in [-0.2, -0.15) is 4.31 Å². The number of ether oxygens (including phenoxy) is 2. The molecular formula is C21H29N2O4S+. The molecular weight excluding hydrogens is 376 g/mol. The number of quaternary nitrogens is 1. The molecule has 0 aliphatic carbocycles. The van der Waals surface area contributed by atoms with Gasteiger partial charge in [-0.25, -0.2) is 8.42 Å². The molecule has 6 nitrogen and oxygen atoms in total. The van der Waals surface area contributed by atoms with E-state index >= 15 is 0 Å². The van der Waals surface area contributed by atoms with Gasteiger partial charge in [-0.3, -0.25) is 0 Å². The van der Waals surface area contributed by atoms with E-state index in [-0.39, 0.29) is 4.90 Å². The first-order valence-corrected chi connectivity index (χ1v) is 10.9. The molecule has 7 heteroatoms.